The van der Waals surface area contributed by atoms with Gasteiger partial charge in [0.25, 0.3) is 5.91 Å². The lowest BCUT2D eigenvalue weighted by Crippen LogP contribution is -2.50. The molecule has 0 radical (unpaired) electrons. The number of carbonyl (C=O) groups is 2. The van der Waals surface area contributed by atoms with E-state index >= 15 is 0 Å². The van der Waals surface area contributed by atoms with Crippen LogP contribution in [0.25, 0.3) is 0 Å². The van der Waals surface area contributed by atoms with Gasteiger partial charge >= 0.3 is 0 Å². The second-order valence-electron chi connectivity index (χ2n) is 7.79. The van der Waals surface area contributed by atoms with E-state index in [0.29, 0.717) is 42.6 Å². The fourth-order valence-electron chi connectivity index (χ4n) is 3.46. The van der Waals surface area contributed by atoms with Crippen molar-refractivity contribution >= 4 is 23.4 Å². The van der Waals surface area contributed by atoms with Gasteiger partial charge in [-0.2, -0.15) is 0 Å². The van der Waals surface area contributed by atoms with Gasteiger partial charge in [0.1, 0.15) is 17.6 Å². The Balaban J connectivity index is 1.62. The molecule has 1 heterocycles. The number of para-hydroxylation sites is 1. The molecule has 178 valence electrons. The Morgan fingerprint density at radius 1 is 1.18 bits per heavy atom. The predicted octanol–water partition coefficient (Wildman–Crippen LogP) is 2.72. The molecule has 1 aliphatic rings. The first-order valence-electron chi connectivity index (χ1n) is 10.9. The summed E-state index contributed by atoms with van der Waals surface area (Å²) in [7, 11) is 0. The number of carbonyl (C=O) groups excluding carboxylic acids is 2. The summed E-state index contributed by atoms with van der Waals surface area (Å²) in [5, 5.41) is 3.30. The third-order valence-electron chi connectivity index (χ3n) is 5.45. The third-order valence-corrected chi connectivity index (χ3v) is 5.76. The van der Waals surface area contributed by atoms with E-state index in [1.807, 2.05) is 0 Å². The Morgan fingerprint density at radius 2 is 1.88 bits per heavy atom. The minimum absolute atomic E-state index is 0.142. The van der Waals surface area contributed by atoms with Gasteiger partial charge in [-0.15, -0.1) is 0 Å². The summed E-state index contributed by atoms with van der Waals surface area (Å²) in [4.78, 5) is 29.5. The molecule has 0 aromatic heterocycles. The lowest BCUT2D eigenvalue weighted by Gasteiger charge is -2.30. The SMILES string of the molecule is CC(C(=O)NCCN1CCOCC1)N(Cc1ccc(F)cc1)C(=O)COc1ccccc1Cl. The van der Waals surface area contributed by atoms with Crippen LogP contribution in [0.15, 0.2) is 48.5 Å². The average Bonchev–Trinajstić information content (AvgIpc) is 2.83. The van der Waals surface area contributed by atoms with Gasteiger partial charge in [-0.1, -0.05) is 35.9 Å². The van der Waals surface area contributed by atoms with E-state index in [-0.39, 0.29) is 30.8 Å². The number of amides is 2. The van der Waals surface area contributed by atoms with Crippen molar-refractivity contribution in [1.82, 2.24) is 15.1 Å². The molecule has 2 aromatic rings. The van der Waals surface area contributed by atoms with Crippen LogP contribution in [-0.2, 0) is 20.9 Å². The molecule has 9 heteroatoms. The van der Waals surface area contributed by atoms with E-state index < -0.39 is 6.04 Å². The summed E-state index contributed by atoms with van der Waals surface area (Å²) in [5.74, 6) is -0.629. The first-order valence-corrected chi connectivity index (χ1v) is 11.3. The van der Waals surface area contributed by atoms with Crippen LogP contribution in [0.1, 0.15) is 12.5 Å². The van der Waals surface area contributed by atoms with Crippen LogP contribution >= 0.6 is 11.6 Å². The van der Waals surface area contributed by atoms with Gasteiger partial charge < -0.3 is 19.7 Å². The van der Waals surface area contributed by atoms with Crippen LogP contribution in [0.5, 0.6) is 5.75 Å². The number of hydrogen-bond donors (Lipinski definition) is 1. The Kier molecular flexibility index (Phi) is 9.47. The molecule has 2 aromatic carbocycles. The number of hydrogen-bond acceptors (Lipinski definition) is 5. The van der Waals surface area contributed by atoms with E-state index in [2.05, 4.69) is 10.2 Å². The van der Waals surface area contributed by atoms with Crippen LogP contribution in [-0.4, -0.2) is 73.7 Å². The van der Waals surface area contributed by atoms with Gasteiger partial charge in [-0.05, 0) is 36.8 Å². The molecule has 0 bridgehead atoms. The molecule has 0 spiro atoms. The van der Waals surface area contributed by atoms with E-state index in [4.69, 9.17) is 21.1 Å². The molecule has 0 saturated carbocycles. The van der Waals surface area contributed by atoms with Crippen molar-refractivity contribution in [3.63, 3.8) is 0 Å². The maximum Gasteiger partial charge on any atom is 0.261 e. The quantitative estimate of drug-likeness (QED) is 0.569. The minimum Gasteiger partial charge on any atom is -0.482 e. The zero-order chi connectivity index (χ0) is 23.6. The summed E-state index contributed by atoms with van der Waals surface area (Å²) in [5.41, 5.74) is 0.704. The van der Waals surface area contributed by atoms with Gasteiger partial charge in [0.15, 0.2) is 6.61 Å². The number of benzene rings is 2. The molecule has 1 N–H and O–H groups in total. The zero-order valence-electron chi connectivity index (χ0n) is 18.6. The number of ether oxygens (including phenoxy) is 2. The Labute approximate surface area is 198 Å². The standard InChI is InChI=1S/C24H29ClFN3O4/c1-18(24(31)27-10-11-28-12-14-32-15-13-28)29(16-19-6-8-20(26)9-7-19)23(30)17-33-22-5-3-2-4-21(22)25/h2-9,18H,10-17H2,1H3,(H,27,31). The van der Waals surface area contributed by atoms with Crippen LogP contribution in [0.2, 0.25) is 5.02 Å². The van der Waals surface area contributed by atoms with Crippen molar-refractivity contribution in [1.29, 1.82) is 0 Å². The molecular weight excluding hydrogens is 449 g/mol. The van der Waals surface area contributed by atoms with Gasteiger partial charge in [-0.3, -0.25) is 14.5 Å². The Bertz CT molecular complexity index is 922. The second kappa shape index (κ2) is 12.5. The van der Waals surface area contributed by atoms with Crippen molar-refractivity contribution < 1.29 is 23.5 Å². The van der Waals surface area contributed by atoms with E-state index in [1.54, 1.807) is 43.3 Å². The molecule has 33 heavy (non-hydrogen) atoms. The lowest BCUT2D eigenvalue weighted by molar-refractivity contribution is -0.142. The smallest absolute Gasteiger partial charge is 0.261 e. The largest absolute Gasteiger partial charge is 0.482 e. The summed E-state index contributed by atoms with van der Waals surface area (Å²) in [6, 6.07) is 11.9. The highest BCUT2D eigenvalue weighted by Crippen LogP contribution is 2.23. The lowest BCUT2D eigenvalue weighted by atomic mass is 10.1. The van der Waals surface area contributed by atoms with Crippen molar-refractivity contribution in [2.24, 2.45) is 0 Å². The fourth-order valence-corrected chi connectivity index (χ4v) is 3.65. The van der Waals surface area contributed by atoms with Gasteiger partial charge in [0, 0.05) is 32.7 Å². The summed E-state index contributed by atoms with van der Waals surface area (Å²) >= 11 is 6.10. The molecule has 1 atom stereocenters. The summed E-state index contributed by atoms with van der Waals surface area (Å²) < 4.78 is 24.2. The van der Waals surface area contributed by atoms with E-state index in [9.17, 15) is 14.0 Å². The van der Waals surface area contributed by atoms with Crippen molar-refractivity contribution in [2.45, 2.75) is 19.5 Å². The molecule has 2 amide bonds. The highest BCUT2D eigenvalue weighted by atomic mass is 35.5. The number of nitrogens with zero attached hydrogens (tertiary/aromatic N) is 2. The van der Waals surface area contributed by atoms with E-state index in [0.717, 1.165) is 13.1 Å². The van der Waals surface area contributed by atoms with Crippen molar-refractivity contribution in [3.05, 3.63) is 64.9 Å². The molecule has 1 fully saturated rings. The van der Waals surface area contributed by atoms with Crippen LogP contribution in [0.4, 0.5) is 4.39 Å². The van der Waals surface area contributed by atoms with Crippen molar-refractivity contribution in [2.75, 3.05) is 46.0 Å². The molecule has 7 nitrogen and oxygen atoms in total. The number of rotatable bonds is 10. The van der Waals surface area contributed by atoms with Crippen LogP contribution < -0.4 is 10.1 Å². The number of morpholine rings is 1. The zero-order valence-corrected chi connectivity index (χ0v) is 19.4. The molecule has 1 unspecified atom stereocenters. The highest BCUT2D eigenvalue weighted by molar-refractivity contribution is 6.32. The number of halogens is 2. The second-order valence-corrected chi connectivity index (χ2v) is 8.20. The summed E-state index contributed by atoms with van der Waals surface area (Å²) in [6.07, 6.45) is 0. The molecular formula is C24H29ClFN3O4. The predicted molar refractivity (Wildman–Crippen MR) is 124 cm³/mol. The van der Waals surface area contributed by atoms with Gasteiger partial charge in [0.05, 0.1) is 18.2 Å². The van der Waals surface area contributed by atoms with E-state index in [1.165, 1.54) is 17.0 Å². The van der Waals surface area contributed by atoms with Crippen LogP contribution in [0.3, 0.4) is 0 Å². The molecule has 1 aliphatic heterocycles. The summed E-state index contributed by atoms with van der Waals surface area (Å²) in [6.45, 7) is 5.76. The Hall–Kier alpha value is -2.68. The maximum absolute atomic E-state index is 13.3. The fraction of sp³-hybridized carbons (Fsp3) is 0.417. The first-order chi connectivity index (χ1) is 15.9. The van der Waals surface area contributed by atoms with Gasteiger partial charge in [0.2, 0.25) is 5.91 Å². The maximum atomic E-state index is 13.3. The number of nitrogens with one attached hydrogen (secondary N) is 1. The average molecular weight is 478 g/mol. The normalized spacial score (nSPS) is 15.0. The van der Waals surface area contributed by atoms with Crippen LogP contribution in [0, 0.1) is 5.82 Å². The first kappa shape index (κ1) is 25.0. The highest BCUT2D eigenvalue weighted by Gasteiger charge is 2.26. The topological polar surface area (TPSA) is 71.1 Å². The molecule has 0 aliphatic carbocycles. The molecule has 1 saturated heterocycles. The van der Waals surface area contributed by atoms with Crippen molar-refractivity contribution in [3.8, 4) is 5.75 Å². The third kappa shape index (κ3) is 7.70. The molecule has 3 rings (SSSR count). The monoisotopic (exact) mass is 477 g/mol. The van der Waals surface area contributed by atoms with Gasteiger partial charge in [-0.25, -0.2) is 4.39 Å². The minimum atomic E-state index is -0.748. The Morgan fingerprint density at radius 3 is 2.58 bits per heavy atom.